The molecular formula is C11H12BrClFNO. The van der Waals surface area contributed by atoms with Gasteiger partial charge in [-0.3, -0.25) is 4.79 Å². The summed E-state index contributed by atoms with van der Waals surface area (Å²) in [7, 11) is 1.64. The molecule has 2 nitrogen and oxygen atoms in total. The van der Waals surface area contributed by atoms with Crippen molar-refractivity contribution in [3.05, 3.63) is 34.6 Å². The van der Waals surface area contributed by atoms with E-state index < -0.39 is 5.82 Å². The fraction of sp³-hybridized carbons (Fsp3) is 0.364. The van der Waals surface area contributed by atoms with Crippen LogP contribution in [0.25, 0.3) is 0 Å². The number of carbonyl (C=O) groups is 1. The molecule has 0 aliphatic rings. The van der Waals surface area contributed by atoms with Crippen LogP contribution in [0.2, 0.25) is 5.02 Å². The quantitative estimate of drug-likeness (QED) is 0.784. The van der Waals surface area contributed by atoms with Crippen LogP contribution in [-0.4, -0.2) is 29.2 Å². The number of alkyl halides is 1. The average molecular weight is 309 g/mol. The maximum Gasteiger partial charge on any atom is 0.256 e. The number of benzene rings is 1. The van der Waals surface area contributed by atoms with Gasteiger partial charge >= 0.3 is 0 Å². The first-order chi connectivity index (χ1) is 7.47. The standard InChI is InChI=1S/C11H12BrClFNO/c1-7(6-12)15(2)11(16)9-4-3-8(13)5-10(9)14/h3-5,7H,6H2,1-2H3. The van der Waals surface area contributed by atoms with Gasteiger partial charge in [0.2, 0.25) is 0 Å². The molecule has 1 aromatic rings. The first-order valence-electron chi connectivity index (χ1n) is 4.75. The van der Waals surface area contributed by atoms with Gasteiger partial charge < -0.3 is 4.90 Å². The molecule has 1 atom stereocenters. The number of hydrogen-bond donors (Lipinski definition) is 0. The Morgan fingerprint density at radius 3 is 2.75 bits per heavy atom. The number of rotatable bonds is 3. The van der Waals surface area contributed by atoms with E-state index in [1.165, 1.54) is 17.0 Å². The van der Waals surface area contributed by atoms with E-state index in [9.17, 15) is 9.18 Å². The Hall–Kier alpha value is -0.610. The Morgan fingerprint density at radius 1 is 1.62 bits per heavy atom. The van der Waals surface area contributed by atoms with Crippen LogP contribution in [0.4, 0.5) is 4.39 Å². The molecule has 16 heavy (non-hydrogen) atoms. The summed E-state index contributed by atoms with van der Waals surface area (Å²) in [6.45, 7) is 1.88. The molecule has 0 saturated carbocycles. The summed E-state index contributed by atoms with van der Waals surface area (Å²) in [5.41, 5.74) is 0.0414. The van der Waals surface area contributed by atoms with Crippen molar-refractivity contribution >= 4 is 33.4 Å². The third-order valence-electron chi connectivity index (χ3n) is 2.37. The van der Waals surface area contributed by atoms with E-state index in [4.69, 9.17) is 11.6 Å². The molecular weight excluding hydrogens is 296 g/mol. The van der Waals surface area contributed by atoms with E-state index in [-0.39, 0.29) is 22.5 Å². The third kappa shape index (κ3) is 2.95. The van der Waals surface area contributed by atoms with E-state index in [1.54, 1.807) is 7.05 Å². The van der Waals surface area contributed by atoms with Crippen LogP contribution in [0.3, 0.4) is 0 Å². The number of carbonyl (C=O) groups excluding carboxylic acids is 1. The summed E-state index contributed by atoms with van der Waals surface area (Å²) in [4.78, 5) is 13.4. The number of nitrogens with zero attached hydrogens (tertiary/aromatic N) is 1. The monoisotopic (exact) mass is 307 g/mol. The Labute approximate surface area is 108 Å². The molecule has 1 unspecified atom stereocenters. The second-order valence-electron chi connectivity index (χ2n) is 3.54. The van der Waals surface area contributed by atoms with Crippen LogP contribution < -0.4 is 0 Å². The molecule has 0 saturated heterocycles. The predicted molar refractivity (Wildman–Crippen MR) is 66.8 cm³/mol. The van der Waals surface area contributed by atoms with Crippen molar-refractivity contribution < 1.29 is 9.18 Å². The largest absolute Gasteiger partial charge is 0.338 e. The zero-order valence-electron chi connectivity index (χ0n) is 9.01. The molecule has 1 amide bonds. The molecule has 88 valence electrons. The molecule has 1 rings (SSSR count). The zero-order valence-corrected chi connectivity index (χ0v) is 11.3. The first kappa shape index (κ1) is 13.5. The van der Waals surface area contributed by atoms with Gasteiger partial charge in [-0.25, -0.2) is 4.39 Å². The Kier molecular flexibility index (Phi) is 4.74. The minimum atomic E-state index is -0.592. The molecule has 0 heterocycles. The number of hydrogen-bond acceptors (Lipinski definition) is 1. The van der Waals surface area contributed by atoms with Crippen LogP contribution in [0.5, 0.6) is 0 Å². The SMILES string of the molecule is CC(CBr)N(C)C(=O)c1ccc(Cl)cc1F. The highest BCUT2D eigenvalue weighted by Gasteiger charge is 2.19. The van der Waals surface area contributed by atoms with Gasteiger partial charge in [-0.2, -0.15) is 0 Å². The van der Waals surface area contributed by atoms with Crippen molar-refractivity contribution in [3.8, 4) is 0 Å². The molecule has 0 aliphatic carbocycles. The van der Waals surface area contributed by atoms with Crippen LogP contribution in [0, 0.1) is 5.82 Å². The molecule has 0 N–H and O–H groups in total. The van der Waals surface area contributed by atoms with Gasteiger partial charge in [0, 0.05) is 23.4 Å². The van der Waals surface area contributed by atoms with Crippen molar-refractivity contribution in [2.75, 3.05) is 12.4 Å². The fourth-order valence-electron chi connectivity index (χ4n) is 1.16. The molecule has 0 aliphatic heterocycles. The third-order valence-corrected chi connectivity index (χ3v) is 3.54. The maximum absolute atomic E-state index is 13.5. The summed E-state index contributed by atoms with van der Waals surface area (Å²) in [5, 5.41) is 0.926. The second-order valence-corrected chi connectivity index (χ2v) is 4.63. The summed E-state index contributed by atoms with van der Waals surface area (Å²) in [5.74, 6) is -0.938. The normalized spacial score (nSPS) is 12.3. The van der Waals surface area contributed by atoms with Crippen molar-refractivity contribution in [3.63, 3.8) is 0 Å². The van der Waals surface area contributed by atoms with Gasteiger partial charge in [0.15, 0.2) is 0 Å². The second kappa shape index (κ2) is 5.64. The van der Waals surface area contributed by atoms with Gasteiger partial charge in [0.1, 0.15) is 5.82 Å². The fourth-order valence-corrected chi connectivity index (χ4v) is 1.75. The van der Waals surface area contributed by atoms with Crippen LogP contribution in [0.1, 0.15) is 17.3 Å². The van der Waals surface area contributed by atoms with Gasteiger partial charge in [-0.1, -0.05) is 27.5 Å². The minimum absolute atomic E-state index is 0.00239. The van der Waals surface area contributed by atoms with Crippen molar-refractivity contribution in [1.29, 1.82) is 0 Å². The Morgan fingerprint density at radius 2 is 2.25 bits per heavy atom. The Balaban J connectivity index is 2.96. The van der Waals surface area contributed by atoms with E-state index in [1.807, 2.05) is 6.92 Å². The van der Waals surface area contributed by atoms with Gasteiger partial charge in [-0.05, 0) is 25.1 Å². The summed E-state index contributed by atoms with van der Waals surface area (Å²) in [6.07, 6.45) is 0. The van der Waals surface area contributed by atoms with Crippen molar-refractivity contribution in [2.45, 2.75) is 13.0 Å². The molecule has 1 aromatic carbocycles. The lowest BCUT2D eigenvalue weighted by atomic mass is 10.1. The lowest BCUT2D eigenvalue weighted by Gasteiger charge is -2.23. The maximum atomic E-state index is 13.5. The lowest BCUT2D eigenvalue weighted by molar-refractivity contribution is 0.0753. The summed E-state index contributed by atoms with van der Waals surface area (Å²) >= 11 is 8.90. The zero-order chi connectivity index (χ0) is 12.3. The molecule has 0 radical (unpaired) electrons. The van der Waals surface area contributed by atoms with Crippen LogP contribution in [-0.2, 0) is 0 Å². The van der Waals surface area contributed by atoms with E-state index >= 15 is 0 Å². The van der Waals surface area contributed by atoms with Gasteiger partial charge in [-0.15, -0.1) is 0 Å². The predicted octanol–water partition coefficient (Wildman–Crippen LogP) is 3.33. The molecule has 0 fully saturated rings. The molecule has 0 bridgehead atoms. The highest BCUT2D eigenvalue weighted by atomic mass is 79.9. The lowest BCUT2D eigenvalue weighted by Crippen LogP contribution is -2.36. The first-order valence-corrected chi connectivity index (χ1v) is 6.25. The summed E-state index contributed by atoms with van der Waals surface area (Å²) < 4.78 is 13.5. The smallest absolute Gasteiger partial charge is 0.256 e. The highest BCUT2D eigenvalue weighted by Crippen LogP contribution is 2.17. The van der Waals surface area contributed by atoms with Crippen molar-refractivity contribution in [2.24, 2.45) is 0 Å². The highest BCUT2D eigenvalue weighted by molar-refractivity contribution is 9.09. The number of amides is 1. The van der Waals surface area contributed by atoms with E-state index in [2.05, 4.69) is 15.9 Å². The Bertz CT molecular complexity index is 400. The van der Waals surface area contributed by atoms with E-state index in [0.29, 0.717) is 5.33 Å². The van der Waals surface area contributed by atoms with Crippen LogP contribution >= 0.6 is 27.5 Å². The minimum Gasteiger partial charge on any atom is -0.338 e. The molecule has 5 heteroatoms. The van der Waals surface area contributed by atoms with E-state index in [0.717, 1.165) is 6.07 Å². The topological polar surface area (TPSA) is 20.3 Å². The average Bonchev–Trinajstić information content (AvgIpc) is 2.26. The number of halogens is 3. The van der Waals surface area contributed by atoms with Gasteiger partial charge in [0.05, 0.1) is 5.56 Å². The van der Waals surface area contributed by atoms with Crippen LogP contribution in [0.15, 0.2) is 18.2 Å². The molecule has 0 spiro atoms. The van der Waals surface area contributed by atoms with Crippen molar-refractivity contribution in [1.82, 2.24) is 4.90 Å². The van der Waals surface area contributed by atoms with Gasteiger partial charge in [0.25, 0.3) is 5.91 Å². The molecule has 0 aromatic heterocycles. The summed E-state index contributed by atoms with van der Waals surface area (Å²) in [6, 6.07) is 4.05.